The van der Waals surface area contributed by atoms with E-state index >= 15 is 0 Å². The lowest BCUT2D eigenvalue weighted by Gasteiger charge is -2.16. The molecule has 12 heteroatoms. The first kappa shape index (κ1) is 27.6. The number of aromatic hydroxyl groups is 1. The van der Waals surface area contributed by atoms with Crippen LogP contribution in [0, 0.1) is 5.82 Å². The highest BCUT2D eigenvalue weighted by atomic mass is 19.1. The molecule has 0 fully saturated rings. The van der Waals surface area contributed by atoms with Crippen LogP contribution in [0.4, 0.5) is 10.2 Å². The molecule has 5 heterocycles. The lowest BCUT2D eigenvalue weighted by atomic mass is 10.1. The number of fused-ring (bicyclic) bond motifs is 3. The number of hydrogen-bond donors (Lipinski definition) is 3. The Morgan fingerprint density at radius 1 is 1.07 bits per heavy atom. The average Bonchev–Trinajstić information content (AvgIpc) is 3.83. The van der Waals surface area contributed by atoms with E-state index in [0.717, 1.165) is 59.7 Å². The number of nitrogens with one attached hydrogen (secondary N) is 1. The quantitative estimate of drug-likeness (QED) is 0.223. The van der Waals surface area contributed by atoms with Crippen molar-refractivity contribution in [2.75, 3.05) is 5.73 Å². The molecule has 46 heavy (non-hydrogen) atoms. The summed E-state index contributed by atoms with van der Waals surface area (Å²) in [6.45, 7) is 0.903. The van der Waals surface area contributed by atoms with Crippen molar-refractivity contribution in [1.82, 2.24) is 34.6 Å². The summed E-state index contributed by atoms with van der Waals surface area (Å²) in [5.74, 6) is -1.16. The molecule has 0 bridgehead atoms. The van der Waals surface area contributed by atoms with Crippen LogP contribution in [0.5, 0.6) is 5.75 Å². The molecule has 1 aliphatic heterocycles. The molecular formula is C34H27FN8O3. The van der Waals surface area contributed by atoms with Crippen LogP contribution in [0.15, 0.2) is 66.9 Å². The molecule has 0 radical (unpaired) electrons. The molecule has 228 valence electrons. The van der Waals surface area contributed by atoms with Crippen molar-refractivity contribution in [2.24, 2.45) is 0 Å². The van der Waals surface area contributed by atoms with Crippen molar-refractivity contribution in [1.29, 1.82) is 0 Å². The summed E-state index contributed by atoms with van der Waals surface area (Å²) in [5.41, 5.74) is 13.3. The normalized spacial score (nSPS) is 15.2. The fourth-order valence-electron chi connectivity index (χ4n) is 6.49. The molecule has 0 spiro atoms. The van der Waals surface area contributed by atoms with Gasteiger partial charge in [-0.1, -0.05) is 6.07 Å². The first-order valence-electron chi connectivity index (χ1n) is 15.0. The number of halogens is 1. The van der Waals surface area contributed by atoms with Gasteiger partial charge in [0.2, 0.25) is 0 Å². The van der Waals surface area contributed by atoms with Crippen molar-refractivity contribution in [3.63, 3.8) is 0 Å². The van der Waals surface area contributed by atoms with Crippen LogP contribution in [-0.4, -0.2) is 46.6 Å². The number of amides is 1. The van der Waals surface area contributed by atoms with Gasteiger partial charge in [0.05, 0.1) is 28.4 Å². The lowest BCUT2D eigenvalue weighted by Crippen LogP contribution is -2.28. The van der Waals surface area contributed by atoms with Crippen LogP contribution in [-0.2, 0) is 19.4 Å². The number of nitrogens with zero attached hydrogens (tertiary/aromatic N) is 6. The van der Waals surface area contributed by atoms with Gasteiger partial charge >= 0.3 is 0 Å². The van der Waals surface area contributed by atoms with Crippen molar-refractivity contribution >= 4 is 29.2 Å². The van der Waals surface area contributed by atoms with E-state index in [-0.39, 0.29) is 17.2 Å². The molecule has 6 aromatic rings. The van der Waals surface area contributed by atoms with Crippen molar-refractivity contribution < 1.29 is 19.1 Å². The molecule has 4 N–H and O–H groups in total. The van der Waals surface area contributed by atoms with Crippen molar-refractivity contribution in [3.05, 3.63) is 101 Å². The third-order valence-electron chi connectivity index (χ3n) is 8.77. The Morgan fingerprint density at radius 3 is 2.78 bits per heavy atom. The Balaban J connectivity index is 1.19. The third kappa shape index (κ3) is 4.48. The zero-order valence-electron chi connectivity index (χ0n) is 24.4. The number of aldehydes is 1. The van der Waals surface area contributed by atoms with Crippen LogP contribution in [0.3, 0.4) is 0 Å². The number of anilines is 1. The molecule has 0 unspecified atom stereocenters. The van der Waals surface area contributed by atoms with E-state index in [2.05, 4.69) is 16.4 Å². The number of nitrogens with two attached hydrogens (primary N) is 1. The van der Waals surface area contributed by atoms with Crippen molar-refractivity contribution in [3.8, 4) is 34.2 Å². The van der Waals surface area contributed by atoms with Gasteiger partial charge in [-0.25, -0.2) is 19.3 Å². The van der Waals surface area contributed by atoms with E-state index in [1.54, 1.807) is 6.20 Å². The summed E-state index contributed by atoms with van der Waals surface area (Å²) in [6.07, 6.45) is 5.37. The minimum Gasteiger partial charge on any atom is -0.507 e. The minimum atomic E-state index is -0.907. The number of pyridine rings is 2. The monoisotopic (exact) mass is 614 g/mol. The smallest absolute Gasteiger partial charge is 0.254 e. The zero-order valence-corrected chi connectivity index (χ0v) is 24.4. The topological polar surface area (TPSA) is 154 Å². The van der Waals surface area contributed by atoms with Gasteiger partial charge in [-0.3, -0.25) is 18.8 Å². The fourth-order valence-corrected chi connectivity index (χ4v) is 6.49. The van der Waals surface area contributed by atoms with E-state index in [1.165, 1.54) is 5.69 Å². The Labute approximate surface area is 261 Å². The maximum absolute atomic E-state index is 14.5. The van der Waals surface area contributed by atoms with Gasteiger partial charge in [0, 0.05) is 30.2 Å². The van der Waals surface area contributed by atoms with Crippen LogP contribution in [0.2, 0.25) is 0 Å². The highest BCUT2D eigenvalue weighted by molar-refractivity contribution is 5.97. The number of phenolic OH excluding ortho intramolecular Hbond substituents is 1. The summed E-state index contributed by atoms with van der Waals surface area (Å²) in [5, 5.41) is 17.4. The van der Waals surface area contributed by atoms with E-state index in [9.17, 15) is 19.1 Å². The second kappa shape index (κ2) is 10.6. The first-order chi connectivity index (χ1) is 22.4. The number of carbonyl (C=O) groups excluding carboxylic acids is 2. The van der Waals surface area contributed by atoms with Crippen LogP contribution in [0.1, 0.15) is 56.4 Å². The maximum Gasteiger partial charge on any atom is 0.254 e. The second-order valence-corrected chi connectivity index (χ2v) is 11.6. The molecule has 11 nitrogen and oxygen atoms in total. The summed E-state index contributed by atoms with van der Waals surface area (Å²) < 4.78 is 18.5. The van der Waals surface area contributed by atoms with Crippen LogP contribution >= 0.6 is 0 Å². The number of carbonyl (C=O) groups is 2. The van der Waals surface area contributed by atoms with Gasteiger partial charge in [-0.2, -0.15) is 5.10 Å². The Hall–Kier alpha value is -5.91. The van der Waals surface area contributed by atoms with Crippen LogP contribution < -0.4 is 11.1 Å². The molecule has 1 aliphatic carbocycles. The molecule has 2 aromatic carbocycles. The predicted octanol–water partition coefficient (Wildman–Crippen LogP) is 4.95. The number of imidazole rings is 1. The average molecular weight is 615 g/mol. The Bertz CT molecular complexity index is 2200. The van der Waals surface area contributed by atoms with E-state index in [0.29, 0.717) is 47.5 Å². The first-order valence-corrected chi connectivity index (χ1v) is 15.0. The Morgan fingerprint density at radius 2 is 1.96 bits per heavy atom. The largest absolute Gasteiger partial charge is 0.507 e. The van der Waals surface area contributed by atoms with Gasteiger partial charge in [0.25, 0.3) is 5.91 Å². The second-order valence-electron chi connectivity index (χ2n) is 11.6. The molecule has 1 atom stereocenters. The summed E-state index contributed by atoms with van der Waals surface area (Å²) >= 11 is 0. The van der Waals surface area contributed by atoms with E-state index < -0.39 is 17.5 Å². The van der Waals surface area contributed by atoms with Gasteiger partial charge in [-0.05, 0) is 85.3 Å². The van der Waals surface area contributed by atoms with Crippen LogP contribution in [0.25, 0.3) is 39.6 Å². The highest BCUT2D eigenvalue weighted by Gasteiger charge is 2.28. The van der Waals surface area contributed by atoms with Gasteiger partial charge in [-0.15, -0.1) is 0 Å². The SMILES string of the molecule is Nc1ncccc1-c1nc2ccc(-c3cc4n(n3)CCC4)nc2n1-c1ccc2c(c1)CC[C@@H]2NC(=O)c1cc(C=O)c(O)cc1F. The fraction of sp³-hybridized carbons (Fsp3) is 0.176. The number of aryl methyl sites for hydroxylation is 3. The Kier molecular flexibility index (Phi) is 6.38. The van der Waals surface area contributed by atoms with E-state index in [4.69, 9.17) is 20.8 Å². The molecular weight excluding hydrogens is 587 g/mol. The van der Waals surface area contributed by atoms with Crippen molar-refractivity contribution in [2.45, 2.75) is 38.3 Å². The standard InChI is InChI=1S/C34H27FN8O3/c35-25-16-30(45)19(17-44)14-24(25)34(46)40-26-8-5-18-13-21(6-7-22(18)26)43-32(23-4-1-11-37-31(23)36)39-28-10-9-27(38-33(28)43)29-15-20-3-2-12-42(20)41-29/h1,4,6-7,9-11,13-17,26,45H,2-3,5,8,12H2,(H2,36,37)(H,40,46)/t26-/m0/s1. The van der Waals surface area contributed by atoms with Gasteiger partial charge in [0.1, 0.15) is 28.6 Å². The number of benzene rings is 2. The zero-order chi connectivity index (χ0) is 31.5. The molecule has 1 amide bonds. The molecule has 4 aromatic heterocycles. The number of rotatable bonds is 6. The lowest BCUT2D eigenvalue weighted by molar-refractivity contribution is 0.0932. The highest BCUT2D eigenvalue weighted by Crippen LogP contribution is 2.37. The summed E-state index contributed by atoms with van der Waals surface area (Å²) in [4.78, 5) is 38.6. The molecule has 0 saturated carbocycles. The third-order valence-corrected chi connectivity index (χ3v) is 8.77. The number of hydrogen-bond acceptors (Lipinski definition) is 8. The molecule has 8 rings (SSSR count). The maximum atomic E-state index is 14.5. The number of nitrogen functional groups attached to an aromatic ring is 1. The van der Waals surface area contributed by atoms with Gasteiger partial charge in [0.15, 0.2) is 17.8 Å². The number of aromatic nitrogens is 6. The molecule has 0 saturated heterocycles. The minimum absolute atomic E-state index is 0.158. The molecule has 2 aliphatic rings. The predicted molar refractivity (Wildman–Crippen MR) is 168 cm³/mol. The summed E-state index contributed by atoms with van der Waals surface area (Å²) in [6, 6.07) is 17.0. The van der Waals surface area contributed by atoms with Gasteiger partial charge < -0.3 is 16.2 Å². The summed E-state index contributed by atoms with van der Waals surface area (Å²) in [7, 11) is 0. The number of phenols is 1. The van der Waals surface area contributed by atoms with E-state index in [1.807, 2.05) is 51.7 Å².